The number of aliphatic hydroxyl groups is 2. The molecule has 15 heteroatoms. The van der Waals surface area contributed by atoms with E-state index in [0.717, 1.165) is 22.0 Å². The number of carbonyl (C=O) groups excluding carboxylic acids is 3. The standard InChI is InChI=1S/C53H62N4O10S/c1-8-49-21-15-23-57-25-22-51(44(49)57)36-26-37(40(63-5)27-39(36)55(4)45(51)53(62,48(60)65-7)46(49)66-31(3)58)52(47(59)64-6)28-33-29-56(24-20-35-34-18-13-14-19-38(34)54-41(35)52)30-50(61,9-2)42(33)67-43(68)32-16-11-10-12-17-32/h10-19,21,26-27,33,42,44-46,54,61-62H,8-9,20,22-25,28-30H2,1-7H3/t33-,42-,44-,45+,46+,49+,50-,51+,52-,53-/m0/s1. The van der Waals surface area contributed by atoms with Gasteiger partial charge in [0.2, 0.25) is 5.60 Å². The molecular formula is C53H62N4O10S. The van der Waals surface area contributed by atoms with Crippen molar-refractivity contribution >= 4 is 51.8 Å². The molecule has 360 valence electrons. The number of benzene rings is 3. The van der Waals surface area contributed by atoms with Crippen molar-refractivity contribution in [2.75, 3.05) is 66.0 Å². The molecule has 6 heterocycles. The Balaban J connectivity index is 1.26. The summed E-state index contributed by atoms with van der Waals surface area (Å²) in [5, 5.41) is 27.6. The third-order valence-electron chi connectivity index (χ3n) is 17.0. The number of nitrogens with one attached hydrogen (secondary N) is 1. The quantitative estimate of drug-likeness (QED) is 0.0851. The van der Waals surface area contributed by atoms with Crippen molar-refractivity contribution in [1.82, 2.24) is 14.8 Å². The molecule has 2 saturated heterocycles. The highest BCUT2D eigenvalue weighted by atomic mass is 32.1. The summed E-state index contributed by atoms with van der Waals surface area (Å²) in [4.78, 5) is 53.9. The highest BCUT2D eigenvalue weighted by Crippen LogP contribution is 2.68. The first-order valence-electron chi connectivity index (χ1n) is 23.9. The molecule has 0 radical (unpaired) electrons. The van der Waals surface area contributed by atoms with Gasteiger partial charge in [-0.3, -0.25) is 19.4 Å². The minimum absolute atomic E-state index is 0.111. The van der Waals surface area contributed by atoms with Gasteiger partial charge < -0.3 is 43.8 Å². The van der Waals surface area contributed by atoms with E-state index in [4.69, 9.17) is 35.9 Å². The number of H-pyrrole nitrogens is 1. The topological polar surface area (TPSA) is 163 Å². The number of ether oxygens (including phenoxy) is 5. The normalized spacial score (nSPS) is 34.6. The Morgan fingerprint density at radius 3 is 2.32 bits per heavy atom. The van der Waals surface area contributed by atoms with E-state index in [0.29, 0.717) is 86.7 Å². The zero-order chi connectivity index (χ0) is 48.1. The van der Waals surface area contributed by atoms with E-state index >= 15 is 4.79 Å². The Bertz CT molecular complexity index is 2730. The third kappa shape index (κ3) is 6.27. The summed E-state index contributed by atoms with van der Waals surface area (Å²) in [5.41, 5.74) is -2.15. The molecule has 1 unspecified atom stereocenters. The van der Waals surface area contributed by atoms with Crippen LogP contribution >= 0.6 is 12.2 Å². The van der Waals surface area contributed by atoms with Crippen LogP contribution in [0, 0.1) is 11.3 Å². The van der Waals surface area contributed by atoms with Gasteiger partial charge in [0.05, 0.1) is 27.4 Å². The molecule has 2 bridgehead atoms. The van der Waals surface area contributed by atoms with Gasteiger partial charge in [-0.2, -0.15) is 0 Å². The molecule has 10 rings (SSSR count). The molecule has 5 aliphatic heterocycles. The number of esters is 3. The molecule has 6 aliphatic rings. The summed E-state index contributed by atoms with van der Waals surface area (Å²) in [6, 6.07) is 20.2. The minimum atomic E-state index is -2.35. The molecule has 3 N–H and O–H groups in total. The molecule has 1 aromatic heterocycles. The number of hydrogen-bond acceptors (Lipinski definition) is 14. The van der Waals surface area contributed by atoms with E-state index in [1.807, 2.05) is 92.5 Å². The zero-order valence-electron chi connectivity index (χ0n) is 39.9. The molecule has 3 fully saturated rings. The van der Waals surface area contributed by atoms with Crippen LogP contribution in [0.1, 0.15) is 74.4 Å². The average molecular weight is 947 g/mol. The van der Waals surface area contributed by atoms with Crippen LogP contribution in [-0.2, 0) is 50.6 Å². The number of para-hydroxylation sites is 1. The Labute approximate surface area is 402 Å². The van der Waals surface area contributed by atoms with Crippen molar-refractivity contribution in [3.8, 4) is 5.75 Å². The van der Waals surface area contributed by atoms with Crippen LogP contribution < -0.4 is 9.64 Å². The van der Waals surface area contributed by atoms with E-state index in [9.17, 15) is 19.8 Å². The molecule has 68 heavy (non-hydrogen) atoms. The van der Waals surface area contributed by atoms with Crippen LogP contribution in [0.25, 0.3) is 10.9 Å². The van der Waals surface area contributed by atoms with Gasteiger partial charge in [-0.15, -0.1) is 0 Å². The number of anilines is 1. The Morgan fingerprint density at radius 1 is 0.897 bits per heavy atom. The van der Waals surface area contributed by atoms with Crippen LogP contribution in [0.15, 0.2) is 78.9 Å². The Hall–Kier alpha value is -5.32. The summed E-state index contributed by atoms with van der Waals surface area (Å²) in [5.74, 6) is -2.18. The number of nitrogens with zero attached hydrogens (tertiary/aromatic N) is 3. The molecular weight excluding hydrogens is 885 g/mol. The summed E-state index contributed by atoms with van der Waals surface area (Å²) in [7, 11) is 6.07. The first-order chi connectivity index (χ1) is 32.6. The van der Waals surface area contributed by atoms with Crippen molar-refractivity contribution in [2.45, 2.75) is 99.2 Å². The molecule has 4 aromatic rings. The number of fused-ring (bicyclic) bond motifs is 6. The fourth-order valence-corrected chi connectivity index (χ4v) is 14.7. The lowest BCUT2D eigenvalue weighted by atomic mass is 9.47. The second-order valence-electron chi connectivity index (χ2n) is 20.0. The number of aromatic nitrogens is 1. The van der Waals surface area contributed by atoms with E-state index in [2.05, 4.69) is 26.9 Å². The predicted octanol–water partition coefficient (Wildman–Crippen LogP) is 5.36. The van der Waals surface area contributed by atoms with Gasteiger partial charge in [0.15, 0.2) is 11.2 Å². The van der Waals surface area contributed by atoms with Crippen molar-refractivity contribution < 1.29 is 48.3 Å². The van der Waals surface area contributed by atoms with E-state index in [-0.39, 0.29) is 17.5 Å². The lowest BCUT2D eigenvalue weighted by Gasteiger charge is -2.63. The van der Waals surface area contributed by atoms with Crippen LogP contribution in [0.4, 0.5) is 5.69 Å². The second kappa shape index (κ2) is 16.7. The van der Waals surface area contributed by atoms with Crippen LogP contribution in [0.5, 0.6) is 5.75 Å². The van der Waals surface area contributed by atoms with E-state index in [1.165, 1.54) is 21.1 Å². The third-order valence-corrected chi connectivity index (χ3v) is 17.3. The van der Waals surface area contributed by atoms with E-state index in [1.54, 1.807) is 7.11 Å². The van der Waals surface area contributed by atoms with Crippen LogP contribution in [0.2, 0.25) is 0 Å². The number of rotatable bonds is 9. The highest BCUT2D eigenvalue weighted by molar-refractivity contribution is 7.80. The zero-order valence-corrected chi connectivity index (χ0v) is 40.7. The molecule has 14 nitrogen and oxygen atoms in total. The maximum atomic E-state index is 15.8. The average Bonchev–Trinajstić information content (AvgIpc) is 4.01. The summed E-state index contributed by atoms with van der Waals surface area (Å²) >= 11 is 5.99. The molecule has 3 aromatic carbocycles. The Morgan fingerprint density at radius 2 is 1.63 bits per heavy atom. The van der Waals surface area contributed by atoms with Crippen LogP contribution in [-0.4, -0.2) is 145 Å². The van der Waals surface area contributed by atoms with Crippen molar-refractivity contribution in [3.05, 3.63) is 107 Å². The molecule has 11 atom stereocenters. The minimum Gasteiger partial charge on any atom is -0.496 e. The first-order valence-corrected chi connectivity index (χ1v) is 24.3. The maximum Gasteiger partial charge on any atom is 0.344 e. The van der Waals surface area contributed by atoms with Gasteiger partial charge in [-0.1, -0.05) is 74.5 Å². The van der Waals surface area contributed by atoms with Gasteiger partial charge in [-0.05, 0) is 74.1 Å². The number of likely N-dealkylation sites (N-methyl/N-ethyl adjacent to an activating group) is 1. The number of methoxy groups -OCH3 is 3. The van der Waals surface area contributed by atoms with Crippen molar-refractivity contribution in [1.29, 1.82) is 0 Å². The highest BCUT2D eigenvalue weighted by Gasteiger charge is 2.80. The molecule has 1 spiro atoms. The van der Waals surface area contributed by atoms with Gasteiger partial charge in [0.25, 0.3) is 0 Å². The van der Waals surface area contributed by atoms with E-state index < -0.39 is 69.5 Å². The fraction of sp³-hybridized carbons (Fsp3) is 0.509. The number of carbonyl (C=O) groups is 3. The number of piperidine rings is 1. The second-order valence-corrected chi connectivity index (χ2v) is 20.3. The smallest absolute Gasteiger partial charge is 0.344 e. The fourth-order valence-electron chi connectivity index (χ4n) is 14.4. The molecule has 1 aliphatic carbocycles. The summed E-state index contributed by atoms with van der Waals surface area (Å²) in [6.45, 7) is 7.90. The largest absolute Gasteiger partial charge is 0.496 e. The Kier molecular flexibility index (Phi) is 11.4. The van der Waals surface area contributed by atoms with Gasteiger partial charge in [0, 0.05) is 102 Å². The SMILES string of the molecule is CC[C@]1(O)CN2CCc3c([nH]c4ccccc34)[C@@](C(=O)OC)(c3cc4c(cc3OC)N(C)[C@H]3[C@@](O)(C(=O)OC)[C@H](OC(C)=O)[C@]5(CC)C=CCN6CC[C@]43[C@@H]65)C[C@@H](C2)[C@@H]1OC(=S)c1ccccc1. The van der Waals surface area contributed by atoms with Gasteiger partial charge in [-0.25, -0.2) is 4.79 Å². The summed E-state index contributed by atoms with van der Waals surface area (Å²) in [6.07, 6.45) is 3.91. The number of aromatic amines is 1. The molecule has 1 saturated carbocycles. The number of hydrogen-bond donors (Lipinski definition) is 3. The number of thiocarbonyl (C=S) groups is 1. The van der Waals surface area contributed by atoms with Crippen molar-refractivity contribution in [2.24, 2.45) is 11.3 Å². The predicted molar refractivity (Wildman–Crippen MR) is 259 cm³/mol. The monoisotopic (exact) mass is 946 g/mol. The van der Waals surface area contributed by atoms with Gasteiger partial charge in [0.1, 0.15) is 22.9 Å². The lowest BCUT2D eigenvalue weighted by Crippen LogP contribution is -2.81. The van der Waals surface area contributed by atoms with Crippen LogP contribution in [0.3, 0.4) is 0 Å². The van der Waals surface area contributed by atoms with Gasteiger partial charge >= 0.3 is 17.9 Å². The maximum absolute atomic E-state index is 15.8. The first kappa shape index (κ1) is 46.4. The van der Waals surface area contributed by atoms with Crippen molar-refractivity contribution in [3.63, 3.8) is 0 Å². The lowest BCUT2D eigenvalue weighted by molar-refractivity contribution is -0.228. The molecule has 0 amide bonds. The summed E-state index contributed by atoms with van der Waals surface area (Å²) < 4.78 is 31.1.